The van der Waals surface area contributed by atoms with E-state index in [-0.39, 0.29) is 23.9 Å². The number of aromatic nitrogens is 2. The topological polar surface area (TPSA) is 67.2 Å². The van der Waals surface area contributed by atoms with Crippen LogP contribution in [0.4, 0.5) is 0 Å². The number of benzene rings is 1. The Morgan fingerprint density at radius 1 is 1.08 bits per heavy atom. The Morgan fingerprint density at radius 2 is 1.85 bits per heavy atom. The number of fused-ring (bicyclic) bond motifs is 2. The quantitative estimate of drug-likeness (QED) is 0.887. The Labute approximate surface area is 158 Å². The van der Waals surface area contributed by atoms with Gasteiger partial charge in [-0.2, -0.15) is 5.10 Å². The van der Waals surface area contributed by atoms with Crippen molar-refractivity contribution in [3.63, 3.8) is 0 Å². The van der Waals surface area contributed by atoms with Crippen LogP contribution in [-0.4, -0.2) is 45.8 Å². The van der Waals surface area contributed by atoms with Crippen molar-refractivity contribution in [1.29, 1.82) is 0 Å². The maximum absolute atomic E-state index is 12.9. The van der Waals surface area contributed by atoms with Gasteiger partial charge in [0.25, 0.3) is 11.5 Å². The minimum Gasteiger partial charge on any atom is -0.336 e. The molecule has 1 amide bonds. The summed E-state index contributed by atoms with van der Waals surface area (Å²) in [7, 11) is 0. The van der Waals surface area contributed by atoms with Crippen molar-refractivity contribution in [3.05, 3.63) is 64.1 Å². The number of nitrogens with one attached hydrogen (secondary N) is 1. The minimum absolute atomic E-state index is 0. The SMILES string of the molecule is Cl.O=C(c1ccc(=O)n(Cc2ccccc2)n1)N1CCC2CCC(C1)N2. The molecule has 3 heterocycles. The van der Waals surface area contributed by atoms with E-state index in [0.717, 1.165) is 31.5 Å². The second-order valence-electron chi connectivity index (χ2n) is 6.88. The zero-order chi connectivity index (χ0) is 17.2. The summed E-state index contributed by atoms with van der Waals surface area (Å²) in [5.74, 6) is -0.0869. The molecule has 2 saturated heterocycles. The van der Waals surface area contributed by atoms with E-state index in [2.05, 4.69) is 10.4 Å². The fourth-order valence-electron chi connectivity index (χ4n) is 3.72. The van der Waals surface area contributed by atoms with E-state index >= 15 is 0 Å². The Hall–Kier alpha value is -2.18. The van der Waals surface area contributed by atoms with E-state index in [0.29, 0.717) is 24.3 Å². The summed E-state index contributed by atoms with van der Waals surface area (Å²) in [6.07, 6.45) is 3.30. The molecule has 26 heavy (non-hydrogen) atoms. The van der Waals surface area contributed by atoms with E-state index in [1.807, 2.05) is 35.2 Å². The first-order valence-electron chi connectivity index (χ1n) is 8.86. The van der Waals surface area contributed by atoms with Crippen LogP contribution in [-0.2, 0) is 6.54 Å². The number of nitrogens with zero attached hydrogens (tertiary/aromatic N) is 3. The largest absolute Gasteiger partial charge is 0.336 e. The Bertz CT molecular complexity index is 824. The van der Waals surface area contributed by atoms with Gasteiger partial charge in [0.1, 0.15) is 5.69 Å². The van der Waals surface area contributed by atoms with E-state index < -0.39 is 0 Å². The molecule has 4 rings (SSSR count). The van der Waals surface area contributed by atoms with Gasteiger partial charge in [0.05, 0.1) is 6.54 Å². The zero-order valence-corrected chi connectivity index (χ0v) is 15.3. The Kier molecular flexibility index (Phi) is 5.74. The van der Waals surface area contributed by atoms with Gasteiger partial charge in [0.2, 0.25) is 0 Å². The third-order valence-corrected chi connectivity index (χ3v) is 5.07. The van der Waals surface area contributed by atoms with Gasteiger partial charge < -0.3 is 10.2 Å². The van der Waals surface area contributed by atoms with Gasteiger partial charge in [-0.15, -0.1) is 12.4 Å². The summed E-state index contributed by atoms with van der Waals surface area (Å²) in [5.41, 5.74) is 1.13. The van der Waals surface area contributed by atoms with Crippen molar-refractivity contribution in [3.8, 4) is 0 Å². The molecule has 2 unspecified atom stereocenters. The van der Waals surface area contributed by atoms with E-state index in [1.165, 1.54) is 17.2 Å². The van der Waals surface area contributed by atoms with Crippen LogP contribution in [0, 0.1) is 0 Å². The van der Waals surface area contributed by atoms with Crippen molar-refractivity contribution in [2.24, 2.45) is 0 Å². The van der Waals surface area contributed by atoms with Crippen LogP contribution in [0.15, 0.2) is 47.3 Å². The smallest absolute Gasteiger partial charge is 0.274 e. The van der Waals surface area contributed by atoms with Gasteiger partial charge >= 0.3 is 0 Å². The molecular formula is C19H23ClN4O2. The van der Waals surface area contributed by atoms with E-state index in [9.17, 15) is 9.59 Å². The van der Waals surface area contributed by atoms with Gasteiger partial charge in [0.15, 0.2) is 0 Å². The molecule has 2 atom stereocenters. The molecule has 2 bridgehead atoms. The number of hydrogen-bond donors (Lipinski definition) is 1. The van der Waals surface area contributed by atoms with Crippen LogP contribution in [0.25, 0.3) is 0 Å². The van der Waals surface area contributed by atoms with Crippen molar-refractivity contribution < 1.29 is 4.79 Å². The van der Waals surface area contributed by atoms with Crippen LogP contribution in [0.2, 0.25) is 0 Å². The standard InChI is InChI=1S/C19H22N4O2.ClH/c24-18-9-8-17(21-23(18)12-14-4-2-1-3-5-14)19(25)22-11-10-15-6-7-16(13-22)20-15;/h1-5,8-9,15-16,20H,6-7,10-13H2;1H. The fourth-order valence-corrected chi connectivity index (χ4v) is 3.72. The molecule has 0 saturated carbocycles. The molecule has 138 valence electrons. The molecule has 2 aliphatic rings. The molecule has 2 aromatic rings. The Morgan fingerprint density at radius 3 is 2.65 bits per heavy atom. The normalized spacial score (nSPS) is 21.8. The van der Waals surface area contributed by atoms with E-state index in [1.54, 1.807) is 6.07 Å². The average molecular weight is 375 g/mol. The predicted molar refractivity (Wildman–Crippen MR) is 102 cm³/mol. The lowest BCUT2D eigenvalue weighted by Gasteiger charge is -2.24. The molecule has 1 N–H and O–H groups in total. The number of carbonyl (C=O) groups excluding carboxylic acids is 1. The lowest BCUT2D eigenvalue weighted by molar-refractivity contribution is 0.0739. The van der Waals surface area contributed by atoms with Gasteiger partial charge in [0, 0.05) is 31.2 Å². The molecule has 1 aromatic carbocycles. The van der Waals surface area contributed by atoms with E-state index in [4.69, 9.17) is 0 Å². The summed E-state index contributed by atoms with van der Waals surface area (Å²) in [6, 6.07) is 13.6. The summed E-state index contributed by atoms with van der Waals surface area (Å²) in [5, 5.41) is 7.90. The molecule has 0 spiro atoms. The highest BCUT2D eigenvalue weighted by Crippen LogP contribution is 2.21. The van der Waals surface area contributed by atoms with Gasteiger partial charge in [-0.3, -0.25) is 9.59 Å². The van der Waals surface area contributed by atoms with Crippen LogP contribution < -0.4 is 10.9 Å². The van der Waals surface area contributed by atoms with Crippen LogP contribution in [0.1, 0.15) is 35.3 Å². The molecule has 0 radical (unpaired) electrons. The number of carbonyl (C=O) groups is 1. The minimum atomic E-state index is -0.197. The van der Waals surface area contributed by atoms with Crippen molar-refractivity contribution in [1.82, 2.24) is 20.0 Å². The lowest BCUT2D eigenvalue weighted by atomic mass is 10.1. The molecule has 0 aliphatic carbocycles. The maximum atomic E-state index is 12.9. The highest BCUT2D eigenvalue weighted by Gasteiger charge is 2.31. The first kappa shape index (κ1) is 18.6. The molecule has 1 aromatic heterocycles. The number of halogens is 1. The third-order valence-electron chi connectivity index (χ3n) is 5.07. The van der Waals surface area contributed by atoms with Crippen LogP contribution in [0.5, 0.6) is 0 Å². The predicted octanol–water partition coefficient (Wildman–Crippen LogP) is 1.68. The maximum Gasteiger partial charge on any atom is 0.274 e. The van der Waals surface area contributed by atoms with Crippen molar-refractivity contribution >= 4 is 18.3 Å². The Balaban J connectivity index is 0.00000196. The molecule has 6 nitrogen and oxygen atoms in total. The van der Waals surface area contributed by atoms with Gasteiger partial charge in [-0.25, -0.2) is 4.68 Å². The first-order chi connectivity index (χ1) is 12.2. The molecular weight excluding hydrogens is 352 g/mol. The average Bonchev–Trinajstić information content (AvgIpc) is 2.96. The zero-order valence-electron chi connectivity index (χ0n) is 14.5. The number of likely N-dealkylation sites (tertiary alicyclic amines) is 1. The summed E-state index contributed by atoms with van der Waals surface area (Å²) < 4.78 is 1.37. The van der Waals surface area contributed by atoms with Gasteiger partial charge in [-0.1, -0.05) is 30.3 Å². The third kappa shape index (κ3) is 3.97. The lowest BCUT2D eigenvalue weighted by Crippen LogP contribution is -2.40. The van der Waals surface area contributed by atoms with Crippen molar-refractivity contribution in [2.45, 2.75) is 37.9 Å². The second-order valence-corrected chi connectivity index (χ2v) is 6.88. The van der Waals surface area contributed by atoms with Crippen LogP contribution in [0.3, 0.4) is 0 Å². The fraction of sp³-hybridized carbons (Fsp3) is 0.421. The second kappa shape index (κ2) is 8.01. The first-order valence-corrected chi connectivity index (χ1v) is 8.86. The van der Waals surface area contributed by atoms with Crippen LogP contribution >= 0.6 is 12.4 Å². The number of amides is 1. The summed E-state index contributed by atoms with van der Waals surface area (Å²) in [6.45, 7) is 1.83. The summed E-state index contributed by atoms with van der Waals surface area (Å²) in [4.78, 5) is 26.8. The number of hydrogen-bond acceptors (Lipinski definition) is 4. The van der Waals surface area contributed by atoms with Crippen molar-refractivity contribution in [2.75, 3.05) is 13.1 Å². The molecule has 2 fully saturated rings. The highest BCUT2D eigenvalue weighted by molar-refractivity contribution is 5.92. The van der Waals surface area contributed by atoms with Gasteiger partial charge in [-0.05, 0) is 30.9 Å². The highest BCUT2D eigenvalue weighted by atomic mass is 35.5. The monoisotopic (exact) mass is 374 g/mol. The number of rotatable bonds is 3. The summed E-state index contributed by atoms with van der Waals surface area (Å²) >= 11 is 0. The molecule has 7 heteroatoms. The molecule has 2 aliphatic heterocycles.